The number of unbranched alkanes of at least 4 members (excludes halogenated alkanes) is 2. The molecule has 2 aromatic rings. The molecule has 11 nitrogen and oxygen atoms in total. The molecular formula is C35H51N5O6. The largest absolute Gasteiger partial charge is 0.417 e. The number of para-hydroxylation sites is 1. The van der Waals surface area contributed by atoms with Crippen LogP contribution in [0.3, 0.4) is 0 Å². The Morgan fingerprint density at radius 3 is 2.41 bits per heavy atom. The minimum Gasteiger partial charge on any atom is -0.417 e. The monoisotopic (exact) mass is 637 g/mol. The first-order valence-electron chi connectivity index (χ1n) is 17.0. The van der Waals surface area contributed by atoms with Gasteiger partial charge in [0.2, 0.25) is 23.6 Å². The molecule has 5 atom stereocenters. The van der Waals surface area contributed by atoms with Gasteiger partial charge in [0.05, 0.1) is 5.52 Å². The second kappa shape index (κ2) is 16.6. The minimum absolute atomic E-state index is 0.155. The minimum atomic E-state index is -1.01. The lowest BCUT2D eigenvalue weighted by Gasteiger charge is -2.39. The maximum atomic E-state index is 14.1. The summed E-state index contributed by atoms with van der Waals surface area (Å²) >= 11 is 0. The van der Waals surface area contributed by atoms with Gasteiger partial charge < -0.3 is 25.7 Å². The molecule has 2 aliphatic rings. The first-order valence-corrected chi connectivity index (χ1v) is 17.0. The molecule has 1 aromatic heterocycles. The van der Waals surface area contributed by atoms with Crippen molar-refractivity contribution in [3.63, 3.8) is 0 Å². The SMILES string of the molecule is CCCC(=O)CCCCC[C@@H]1NC(=O)[C@H]2CCCCN2C(=O)[C@H](C(C)CC)NC(=O)[C@H](Cc2cn(OC)c3ccccc23)NC1=O. The zero-order valence-corrected chi connectivity index (χ0v) is 27.8. The summed E-state index contributed by atoms with van der Waals surface area (Å²) in [6.07, 6.45) is 9.00. The number of Topliss-reactive ketones (excluding diaryl/α,β-unsaturated/α-hetero) is 1. The number of hydrogen-bond acceptors (Lipinski definition) is 6. The standard InChI is InChI=1S/C35H51N5O6/c1-5-14-25(41)15-8-7-9-17-27-32(42)37-28(21-24-22-40(46-4)29-18-11-10-16-26(24)29)33(43)38-31(23(3)6-2)35(45)39-20-13-12-19-30(39)34(44)36-27/h10-11,16,18,22-23,27-28,30-31H,5-9,12-15,17,19-21H2,1-4H3,(H,36,44)(H,37,42)(H,38,43)/t23?,27-,28-,30+,31-/m0/s1. The highest BCUT2D eigenvalue weighted by molar-refractivity contribution is 5.98. The van der Waals surface area contributed by atoms with Crippen molar-refractivity contribution in [2.75, 3.05) is 13.7 Å². The number of nitrogens with one attached hydrogen (secondary N) is 3. The van der Waals surface area contributed by atoms with Gasteiger partial charge in [0.15, 0.2) is 0 Å². The first-order chi connectivity index (χ1) is 22.2. The summed E-state index contributed by atoms with van der Waals surface area (Å²) in [7, 11) is 1.56. The third-order valence-electron chi connectivity index (χ3n) is 9.49. The maximum absolute atomic E-state index is 14.1. The Hall–Kier alpha value is -3.89. The molecule has 4 rings (SSSR count). The van der Waals surface area contributed by atoms with Crippen LogP contribution < -0.4 is 20.8 Å². The number of rotatable bonds is 13. The van der Waals surface area contributed by atoms with Crippen molar-refractivity contribution in [1.29, 1.82) is 0 Å². The van der Waals surface area contributed by atoms with E-state index in [-0.39, 0.29) is 29.9 Å². The van der Waals surface area contributed by atoms with Gasteiger partial charge in [-0.1, -0.05) is 58.2 Å². The number of amides is 4. The molecule has 46 heavy (non-hydrogen) atoms. The van der Waals surface area contributed by atoms with E-state index in [9.17, 15) is 24.0 Å². The summed E-state index contributed by atoms with van der Waals surface area (Å²) in [6, 6.07) is 4.21. The molecule has 0 radical (unpaired) electrons. The summed E-state index contributed by atoms with van der Waals surface area (Å²) in [4.78, 5) is 74.9. The molecule has 1 aromatic carbocycles. The summed E-state index contributed by atoms with van der Waals surface area (Å²) in [5.74, 6) is -1.46. The van der Waals surface area contributed by atoms with Gasteiger partial charge in [0, 0.05) is 37.4 Å². The van der Waals surface area contributed by atoms with E-state index in [1.807, 2.05) is 45.0 Å². The van der Waals surface area contributed by atoms with E-state index in [4.69, 9.17) is 4.84 Å². The number of carbonyl (C=O) groups excluding carboxylic acids is 5. The van der Waals surface area contributed by atoms with Crippen molar-refractivity contribution in [3.8, 4) is 0 Å². The third-order valence-corrected chi connectivity index (χ3v) is 9.49. The average molecular weight is 638 g/mol. The highest BCUT2D eigenvalue weighted by atomic mass is 16.6. The van der Waals surface area contributed by atoms with Crippen molar-refractivity contribution in [2.45, 2.75) is 122 Å². The molecule has 2 fully saturated rings. The molecule has 0 saturated carbocycles. The van der Waals surface area contributed by atoms with E-state index < -0.39 is 36.0 Å². The number of nitrogens with zero attached hydrogens (tertiary/aromatic N) is 2. The van der Waals surface area contributed by atoms with Crippen LogP contribution in [0.4, 0.5) is 0 Å². The van der Waals surface area contributed by atoms with E-state index in [0.29, 0.717) is 45.1 Å². The van der Waals surface area contributed by atoms with Crippen LogP contribution in [0, 0.1) is 5.92 Å². The lowest BCUT2D eigenvalue weighted by Crippen LogP contribution is -2.64. The van der Waals surface area contributed by atoms with Gasteiger partial charge in [0.25, 0.3) is 0 Å². The molecule has 4 amide bonds. The second-order valence-corrected chi connectivity index (χ2v) is 12.8. The lowest BCUT2D eigenvalue weighted by atomic mass is 9.93. The van der Waals surface area contributed by atoms with Crippen LogP contribution in [0.5, 0.6) is 0 Å². The van der Waals surface area contributed by atoms with Gasteiger partial charge in [-0.3, -0.25) is 24.0 Å². The third kappa shape index (κ3) is 8.47. The van der Waals surface area contributed by atoms with E-state index >= 15 is 0 Å². The van der Waals surface area contributed by atoms with E-state index in [1.54, 1.807) is 22.9 Å². The number of aromatic nitrogens is 1. The molecule has 0 aliphatic carbocycles. The van der Waals surface area contributed by atoms with Crippen LogP contribution in [-0.4, -0.2) is 76.9 Å². The van der Waals surface area contributed by atoms with Gasteiger partial charge in [-0.05, 0) is 56.1 Å². The zero-order chi connectivity index (χ0) is 33.2. The number of hydrogen-bond donors (Lipinski definition) is 3. The predicted molar refractivity (Wildman–Crippen MR) is 176 cm³/mol. The molecule has 2 saturated heterocycles. The number of carbonyl (C=O) groups is 5. The lowest BCUT2D eigenvalue weighted by molar-refractivity contribution is -0.147. The highest BCUT2D eigenvalue weighted by Gasteiger charge is 2.40. The van der Waals surface area contributed by atoms with Gasteiger partial charge in [-0.2, -0.15) is 4.73 Å². The van der Waals surface area contributed by atoms with Gasteiger partial charge in [0.1, 0.15) is 37.1 Å². The van der Waals surface area contributed by atoms with Crippen molar-refractivity contribution in [2.24, 2.45) is 5.92 Å². The zero-order valence-electron chi connectivity index (χ0n) is 27.8. The molecule has 2 aliphatic heterocycles. The topological polar surface area (TPSA) is 139 Å². The quantitative estimate of drug-likeness (QED) is 0.288. The molecule has 3 heterocycles. The Bertz CT molecular complexity index is 1390. The fourth-order valence-electron chi connectivity index (χ4n) is 6.60. The Morgan fingerprint density at radius 2 is 1.67 bits per heavy atom. The second-order valence-electron chi connectivity index (χ2n) is 12.8. The Kier molecular flexibility index (Phi) is 12.6. The predicted octanol–water partition coefficient (Wildman–Crippen LogP) is 3.46. The van der Waals surface area contributed by atoms with Crippen molar-refractivity contribution >= 4 is 40.3 Å². The van der Waals surface area contributed by atoms with Crippen LogP contribution in [0.25, 0.3) is 10.9 Å². The first kappa shape index (κ1) is 35.0. The molecule has 3 N–H and O–H groups in total. The number of benzene rings is 1. The van der Waals surface area contributed by atoms with Crippen molar-refractivity contribution in [1.82, 2.24) is 25.6 Å². The van der Waals surface area contributed by atoms with Gasteiger partial charge >= 0.3 is 0 Å². The van der Waals surface area contributed by atoms with E-state index in [0.717, 1.165) is 48.6 Å². The van der Waals surface area contributed by atoms with Crippen molar-refractivity contribution < 1.29 is 28.8 Å². The van der Waals surface area contributed by atoms with E-state index in [2.05, 4.69) is 16.0 Å². The van der Waals surface area contributed by atoms with Crippen molar-refractivity contribution in [3.05, 3.63) is 36.0 Å². The molecule has 0 spiro atoms. The number of piperidine rings is 1. The van der Waals surface area contributed by atoms with Gasteiger partial charge in [-0.25, -0.2) is 0 Å². The normalized spacial score (nSPS) is 23.4. The Labute approximate surface area is 272 Å². The fraction of sp³-hybridized carbons (Fsp3) is 0.629. The maximum Gasteiger partial charge on any atom is 0.246 e. The van der Waals surface area contributed by atoms with E-state index in [1.165, 1.54) is 0 Å². The summed E-state index contributed by atoms with van der Waals surface area (Å²) < 4.78 is 1.62. The van der Waals surface area contributed by atoms with Crippen LogP contribution in [0.15, 0.2) is 30.5 Å². The van der Waals surface area contributed by atoms with Crippen LogP contribution >= 0.6 is 0 Å². The fourth-order valence-corrected chi connectivity index (χ4v) is 6.60. The number of ketones is 1. The highest BCUT2D eigenvalue weighted by Crippen LogP contribution is 2.24. The molecule has 0 bridgehead atoms. The number of fused-ring (bicyclic) bond motifs is 2. The Morgan fingerprint density at radius 1 is 0.935 bits per heavy atom. The Balaban J connectivity index is 1.64. The molecule has 11 heteroatoms. The van der Waals surface area contributed by atoms with Crippen LogP contribution in [0.2, 0.25) is 0 Å². The molecule has 252 valence electrons. The molecular weight excluding hydrogens is 586 g/mol. The smallest absolute Gasteiger partial charge is 0.246 e. The van der Waals surface area contributed by atoms with Gasteiger partial charge in [-0.15, -0.1) is 0 Å². The summed E-state index contributed by atoms with van der Waals surface area (Å²) in [5.41, 5.74) is 1.62. The van der Waals surface area contributed by atoms with Crippen LogP contribution in [0.1, 0.15) is 97.0 Å². The summed E-state index contributed by atoms with van der Waals surface area (Å²) in [6.45, 7) is 6.28. The average Bonchev–Trinajstić information content (AvgIpc) is 3.42. The van der Waals surface area contributed by atoms with Crippen LogP contribution in [-0.2, 0) is 30.4 Å². The molecule has 1 unspecified atom stereocenters. The summed E-state index contributed by atoms with van der Waals surface area (Å²) in [5, 5.41) is 9.77.